The monoisotopic (exact) mass is 417 g/mol. The maximum atomic E-state index is 9.79. The number of aryl methyl sites for hydroxylation is 1. The number of hydrogen-bond acceptors (Lipinski definition) is 4. The summed E-state index contributed by atoms with van der Waals surface area (Å²) in [7, 11) is 1.71. The molecule has 0 bridgehead atoms. The highest BCUT2D eigenvalue weighted by molar-refractivity contribution is 5.71. The van der Waals surface area contributed by atoms with Crippen molar-refractivity contribution in [2.45, 2.75) is 45.1 Å². The zero-order valence-electron chi connectivity index (χ0n) is 18.4. The topological polar surface area (TPSA) is 41.9 Å². The first-order valence-electron chi connectivity index (χ1n) is 11.2. The van der Waals surface area contributed by atoms with Crippen LogP contribution in [0.2, 0.25) is 0 Å². The van der Waals surface area contributed by atoms with Gasteiger partial charge in [-0.2, -0.15) is 0 Å². The van der Waals surface area contributed by atoms with Gasteiger partial charge in [-0.05, 0) is 85.0 Å². The highest BCUT2D eigenvalue weighted by Crippen LogP contribution is 2.45. The number of nitrogens with zero attached hydrogens (tertiary/aromatic N) is 1. The zero-order valence-corrected chi connectivity index (χ0v) is 18.4. The number of phenols is 1. The molecule has 1 unspecified atom stereocenters. The lowest BCUT2D eigenvalue weighted by atomic mass is 9.90. The Morgan fingerprint density at radius 2 is 1.68 bits per heavy atom. The van der Waals surface area contributed by atoms with Crippen LogP contribution < -0.4 is 14.4 Å². The number of phenolic OH excluding ortho intramolecular Hbond substituents is 1. The van der Waals surface area contributed by atoms with Crippen molar-refractivity contribution in [1.29, 1.82) is 0 Å². The minimum absolute atomic E-state index is 0.208. The normalized spacial score (nSPS) is 15.4. The molecule has 4 heteroatoms. The van der Waals surface area contributed by atoms with Gasteiger partial charge < -0.3 is 19.5 Å². The van der Waals surface area contributed by atoms with E-state index in [-0.39, 0.29) is 11.8 Å². The summed E-state index contributed by atoms with van der Waals surface area (Å²) in [6.07, 6.45) is 5.48. The molecule has 1 aliphatic heterocycles. The van der Waals surface area contributed by atoms with E-state index in [9.17, 15) is 5.11 Å². The van der Waals surface area contributed by atoms with Crippen LogP contribution in [0, 0.1) is 0 Å². The van der Waals surface area contributed by atoms with Gasteiger partial charge in [-0.25, -0.2) is 0 Å². The summed E-state index contributed by atoms with van der Waals surface area (Å²) in [5.41, 5.74) is 4.78. The van der Waals surface area contributed by atoms with Crippen LogP contribution >= 0.6 is 0 Å². The van der Waals surface area contributed by atoms with Gasteiger partial charge in [-0.3, -0.25) is 0 Å². The lowest BCUT2D eigenvalue weighted by Crippen LogP contribution is -2.29. The van der Waals surface area contributed by atoms with Crippen LogP contribution in [0.3, 0.4) is 0 Å². The molecule has 1 aliphatic rings. The van der Waals surface area contributed by atoms with E-state index in [1.165, 1.54) is 29.7 Å². The highest BCUT2D eigenvalue weighted by atomic mass is 16.5. The van der Waals surface area contributed by atoms with E-state index in [0.717, 1.165) is 43.1 Å². The van der Waals surface area contributed by atoms with Crippen molar-refractivity contribution < 1.29 is 14.6 Å². The third-order valence-electron chi connectivity index (χ3n) is 5.95. The molecule has 0 amide bonds. The lowest BCUT2D eigenvalue weighted by Gasteiger charge is -2.39. The zero-order chi connectivity index (χ0) is 21.6. The number of fused-ring (bicyclic) bond motifs is 1. The first-order valence-corrected chi connectivity index (χ1v) is 11.2. The molecule has 162 valence electrons. The van der Waals surface area contributed by atoms with E-state index in [2.05, 4.69) is 48.2 Å². The Kier molecular flexibility index (Phi) is 6.66. The van der Waals surface area contributed by atoms with Crippen molar-refractivity contribution in [3.8, 4) is 17.2 Å². The van der Waals surface area contributed by atoms with Crippen molar-refractivity contribution in [3.63, 3.8) is 0 Å². The second kappa shape index (κ2) is 9.78. The van der Waals surface area contributed by atoms with Gasteiger partial charge in [0.1, 0.15) is 17.2 Å². The summed E-state index contributed by atoms with van der Waals surface area (Å²) in [5, 5.41) is 9.79. The molecule has 3 aromatic rings. The van der Waals surface area contributed by atoms with Crippen LogP contribution in [0.1, 0.15) is 49.8 Å². The summed E-state index contributed by atoms with van der Waals surface area (Å²) >= 11 is 0. The fourth-order valence-electron chi connectivity index (χ4n) is 4.29. The van der Waals surface area contributed by atoms with Gasteiger partial charge in [0.05, 0.1) is 19.8 Å². The number of benzene rings is 3. The summed E-state index contributed by atoms with van der Waals surface area (Å²) in [5.74, 6) is 2.08. The molecular weight excluding hydrogens is 386 g/mol. The van der Waals surface area contributed by atoms with E-state index >= 15 is 0 Å². The lowest BCUT2D eigenvalue weighted by molar-refractivity contribution is 0.306. The maximum Gasteiger partial charge on any atom is 0.119 e. The first-order chi connectivity index (χ1) is 15.2. The van der Waals surface area contributed by atoms with Crippen LogP contribution in [-0.2, 0) is 6.42 Å². The predicted molar refractivity (Wildman–Crippen MR) is 126 cm³/mol. The molecule has 0 saturated heterocycles. The van der Waals surface area contributed by atoms with E-state index in [4.69, 9.17) is 9.47 Å². The standard InChI is InChI=1S/C27H31NO3/c1-3-4-5-18-31-24-13-6-20(7-14-24)26-16-8-21-19-25(30-2)15-17-27(21)28(26)22-9-11-23(29)12-10-22/h6-7,9-15,17,19,26,29H,3-5,8,16,18H2,1-2H3. The third kappa shape index (κ3) is 4.79. The molecule has 0 spiro atoms. The molecule has 1 atom stereocenters. The fraction of sp³-hybridized carbons (Fsp3) is 0.333. The average Bonchev–Trinajstić information content (AvgIpc) is 2.82. The van der Waals surface area contributed by atoms with Gasteiger partial charge in [0, 0.05) is 11.4 Å². The minimum atomic E-state index is 0.208. The summed E-state index contributed by atoms with van der Waals surface area (Å²) in [6.45, 7) is 2.97. The number of rotatable bonds is 8. The van der Waals surface area contributed by atoms with Crippen LogP contribution in [-0.4, -0.2) is 18.8 Å². The SMILES string of the molecule is CCCCCOc1ccc(C2CCc3cc(OC)ccc3N2c2ccc(O)cc2)cc1. The average molecular weight is 418 g/mol. The molecule has 4 rings (SSSR count). The number of unbranched alkanes of at least 4 members (excludes halogenated alkanes) is 2. The van der Waals surface area contributed by atoms with Gasteiger partial charge in [-0.15, -0.1) is 0 Å². The summed E-state index contributed by atoms with van der Waals surface area (Å²) < 4.78 is 11.3. The van der Waals surface area contributed by atoms with Crippen LogP contribution in [0.15, 0.2) is 66.7 Å². The second-order valence-electron chi connectivity index (χ2n) is 8.06. The van der Waals surface area contributed by atoms with E-state index in [1.54, 1.807) is 19.2 Å². The van der Waals surface area contributed by atoms with E-state index < -0.39 is 0 Å². The molecule has 0 aliphatic carbocycles. The Labute approximate surface area is 185 Å². The Bertz CT molecular complexity index is 982. The van der Waals surface area contributed by atoms with Crippen molar-refractivity contribution in [3.05, 3.63) is 77.9 Å². The highest BCUT2D eigenvalue weighted by Gasteiger charge is 2.29. The number of aromatic hydroxyl groups is 1. The summed E-state index contributed by atoms with van der Waals surface area (Å²) in [6, 6.07) is 22.5. The van der Waals surface area contributed by atoms with Gasteiger partial charge in [0.25, 0.3) is 0 Å². The molecule has 0 aromatic heterocycles. The molecule has 3 aromatic carbocycles. The van der Waals surface area contributed by atoms with Crippen LogP contribution in [0.25, 0.3) is 0 Å². The molecular formula is C27H31NO3. The molecule has 1 N–H and O–H groups in total. The third-order valence-corrected chi connectivity index (χ3v) is 5.95. The van der Waals surface area contributed by atoms with Gasteiger partial charge in [-0.1, -0.05) is 31.9 Å². The van der Waals surface area contributed by atoms with Crippen molar-refractivity contribution >= 4 is 11.4 Å². The number of methoxy groups -OCH3 is 1. The number of hydrogen-bond donors (Lipinski definition) is 1. The number of anilines is 2. The van der Waals surface area contributed by atoms with Crippen LogP contribution in [0.4, 0.5) is 11.4 Å². The minimum Gasteiger partial charge on any atom is -0.508 e. The van der Waals surface area contributed by atoms with Crippen LogP contribution in [0.5, 0.6) is 17.2 Å². The molecule has 1 heterocycles. The Morgan fingerprint density at radius 3 is 2.39 bits per heavy atom. The quantitative estimate of drug-likeness (QED) is 0.410. The van der Waals surface area contributed by atoms with Crippen molar-refractivity contribution in [2.75, 3.05) is 18.6 Å². The van der Waals surface area contributed by atoms with Crippen molar-refractivity contribution in [2.24, 2.45) is 0 Å². The Balaban J connectivity index is 1.63. The molecule has 0 saturated carbocycles. The molecule has 31 heavy (non-hydrogen) atoms. The maximum absolute atomic E-state index is 9.79. The Hall–Kier alpha value is -3.14. The molecule has 4 nitrogen and oxygen atoms in total. The second-order valence-corrected chi connectivity index (χ2v) is 8.06. The molecule has 0 fully saturated rings. The molecule has 0 radical (unpaired) electrons. The van der Waals surface area contributed by atoms with Gasteiger partial charge in [0.2, 0.25) is 0 Å². The smallest absolute Gasteiger partial charge is 0.119 e. The fourth-order valence-corrected chi connectivity index (χ4v) is 4.29. The number of ether oxygens (including phenoxy) is 2. The Morgan fingerprint density at radius 1 is 0.935 bits per heavy atom. The van der Waals surface area contributed by atoms with Gasteiger partial charge >= 0.3 is 0 Å². The predicted octanol–water partition coefficient (Wildman–Crippen LogP) is 6.80. The summed E-state index contributed by atoms with van der Waals surface area (Å²) in [4.78, 5) is 2.37. The van der Waals surface area contributed by atoms with E-state index in [1.807, 2.05) is 18.2 Å². The largest absolute Gasteiger partial charge is 0.508 e. The van der Waals surface area contributed by atoms with Crippen molar-refractivity contribution in [1.82, 2.24) is 0 Å². The van der Waals surface area contributed by atoms with Gasteiger partial charge in [0.15, 0.2) is 0 Å². The first kappa shape index (κ1) is 21.1. The van der Waals surface area contributed by atoms with E-state index in [0.29, 0.717) is 0 Å².